The Morgan fingerprint density at radius 3 is 2.38 bits per heavy atom. The van der Waals surface area contributed by atoms with Gasteiger partial charge in [-0.15, -0.1) is 11.3 Å². The fraction of sp³-hybridized carbons (Fsp3) is 0.316. The third-order valence-corrected chi connectivity index (χ3v) is 5.99. The number of ketones is 1. The highest BCUT2D eigenvalue weighted by molar-refractivity contribution is 7.10. The third-order valence-electron chi connectivity index (χ3n) is 4.99. The van der Waals surface area contributed by atoms with Crippen molar-refractivity contribution in [2.75, 3.05) is 0 Å². The average molecular weight is 339 g/mol. The summed E-state index contributed by atoms with van der Waals surface area (Å²) in [7, 11) is 0. The fourth-order valence-electron chi connectivity index (χ4n) is 3.88. The Morgan fingerprint density at radius 1 is 0.917 bits per heavy atom. The zero-order valence-corrected chi connectivity index (χ0v) is 13.9. The average Bonchev–Trinajstić information content (AvgIpc) is 3.19. The van der Waals surface area contributed by atoms with Gasteiger partial charge in [0, 0.05) is 23.6 Å². The first-order valence-corrected chi connectivity index (χ1v) is 8.97. The second-order valence-electron chi connectivity index (χ2n) is 6.45. The van der Waals surface area contributed by atoms with Crippen LogP contribution in [0.4, 0.5) is 0 Å². The minimum Gasteiger partial charge on any atom is -0.300 e. The van der Waals surface area contributed by atoms with Crippen LogP contribution in [-0.2, 0) is 20.9 Å². The van der Waals surface area contributed by atoms with Gasteiger partial charge in [0.1, 0.15) is 5.78 Å². The topological polar surface area (TPSA) is 54.5 Å². The number of amides is 2. The number of imide groups is 1. The molecule has 4 nitrogen and oxygen atoms in total. The fourth-order valence-corrected chi connectivity index (χ4v) is 4.76. The smallest absolute Gasteiger partial charge is 0.234 e. The van der Waals surface area contributed by atoms with Crippen LogP contribution in [0.5, 0.6) is 0 Å². The monoisotopic (exact) mass is 339 g/mol. The summed E-state index contributed by atoms with van der Waals surface area (Å²) < 4.78 is 0. The molecule has 1 aliphatic carbocycles. The first-order chi connectivity index (χ1) is 11.6. The van der Waals surface area contributed by atoms with E-state index < -0.39 is 11.8 Å². The number of thiophene rings is 1. The van der Waals surface area contributed by atoms with Crippen LogP contribution in [0.3, 0.4) is 0 Å². The summed E-state index contributed by atoms with van der Waals surface area (Å²) in [5.41, 5.74) is 0.928. The van der Waals surface area contributed by atoms with Gasteiger partial charge in [-0.3, -0.25) is 19.3 Å². The van der Waals surface area contributed by atoms with Crippen molar-refractivity contribution < 1.29 is 14.4 Å². The number of likely N-dealkylation sites (tertiary alicyclic amines) is 1. The Kier molecular flexibility index (Phi) is 3.81. The van der Waals surface area contributed by atoms with Gasteiger partial charge in [0.15, 0.2) is 0 Å². The van der Waals surface area contributed by atoms with E-state index in [-0.39, 0.29) is 36.5 Å². The van der Waals surface area contributed by atoms with Crippen molar-refractivity contribution in [3.63, 3.8) is 0 Å². The molecule has 1 aromatic heterocycles. The summed E-state index contributed by atoms with van der Waals surface area (Å²) >= 11 is 1.55. The van der Waals surface area contributed by atoms with Crippen molar-refractivity contribution in [3.05, 3.63) is 58.3 Å². The van der Waals surface area contributed by atoms with Crippen molar-refractivity contribution in [2.24, 2.45) is 11.8 Å². The molecule has 0 spiro atoms. The standard InChI is InChI=1S/C19H17NO3S/c21-13-9-14(16-7-4-8-24-16)17-15(10-13)18(22)20(19(17)23)11-12-5-2-1-3-6-12/h1-8,14-15,17H,9-11H2/t14-,15-,17+/m0/s1. The van der Waals surface area contributed by atoms with Crippen LogP contribution in [0.1, 0.15) is 29.2 Å². The summed E-state index contributed by atoms with van der Waals surface area (Å²) in [5, 5.41) is 1.95. The molecule has 1 saturated carbocycles. The Bertz CT molecular complexity index is 784. The largest absolute Gasteiger partial charge is 0.300 e. The van der Waals surface area contributed by atoms with Crippen molar-refractivity contribution in [1.29, 1.82) is 0 Å². The van der Waals surface area contributed by atoms with Crippen LogP contribution in [0.2, 0.25) is 0 Å². The predicted octanol–water partition coefficient (Wildman–Crippen LogP) is 3.00. The van der Waals surface area contributed by atoms with Crippen LogP contribution in [0.15, 0.2) is 47.8 Å². The number of hydrogen-bond donors (Lipinski definition) is 0. The number of fused-ring (bicyclic) bond motifs is 1. The normalized spacial score (nSPS) is 26.8. The second kappa shape index (κ2) is 5.98. The molecule has 2 aromatic rings. The molecule has 0 bridgehead atoms. The van der Waals surface area contributed by atoms with Crippen LogP contribution < -0.4 is 0 Å². The van der Waals surface area contributed by atoms with Crippen LogP contribution in [0.25, 0.3) is 0 Å². The van der Waals surface area contributed by atoms with E-state index in [1.807, 2.05) is 47.8 Å². The quantitative estimate of drug-likeness (QED) is 0.808. The lowest BCUT2D eigenvalue weighted by atomic mass is 9.72. The molecule has 1 aliphatic heterocycles. The Hall–Kier alpha value is -2.27. The third kappa shape index (κ3) is 2.49. The maximum atomic E-state index is 13.0. The Labute approximate surface area is 144 Å². The lowest BCUT2D eigenvalue weighted by Crippen LogP contribution is -2.33. The van der Waals surface area contributed by atoms with Crippen molar-refractivity contribution in [2.45, 2.75) is 25.3 Å². The summed E-state index contributed by atoms with van der Waals surface area (Å²) in [5.74, 6) is -1.28. The molecule has 3 atom stereocenters. The summed E-state index contributed by atoms with van der Waals surface area (Å²) in [4.78, 5) is 40.3. The molecule has 0 unspecified atom stereocenters. The number of carbonyl (C=O) groups excluding carboxylic acids is 3. The molecule has 2 heterocycles. The molecule has 1 saturated heterocycles. The molecule has 122 valence electrons. The Balaban J connectivity index is 1.66. The number of rotatable bonds is 3. The molecule has 4 rings (SSSR count). The van der Waals surface area contributed by atoms with E-state index in [0.29, 0.717) is 6.42 Å². The molecule has 2 aliphatic rings. The highest BCUT2D eigenvalue weighted by Crippen LogP contribution is 2.46. The molecule has 24 heavy (non-hydrogen) atoms. The van der Waals surface area contributed by atoms with Gasteiger partial charge >= 0.3 is 0 Å². The second-order valence-corrected chi connectivity index (χ2v) is 7.43. The minimum atomic E-state index is -0.491. The SMILES string of the molecule is O=C1C[C@@H]2C(=O)N(Cc3ccccc3)C(=O)[C@@H]2[C@H](c2cccs2)C1. The highest BCUT2D eigenvalue weighted by Gasteiger charge is 2.54. The summed E-state index contributed by atoms with van der Waals surface area (Å²) in [6.45, 7) is 0.289. The molecular weight excluding hydrogens is 322 g/mol. The van der Waals surface area contributed by atoms with E-state index in [1.54, 1.807) is 11.3 Å². The van der Waals surface area contributed by atoms with Crippen LogP contribution >= 0.6 is 11.3 Å². The first-order valence-electron chi connectivity index (χ1n) is 8.09. The molecule has 0 radical (unpaired) electrons. The molecule has 1 aromatic carbocycles. The van der Waals surface area contributed by atoms with Crippen molar-refractivity contribution in [3.8, 4) is 0 Å². The van der Waals surface area contributed by atoms with Gasteiger partial charge in [-0.05, 0) is 17.0 Å². The number of carbonyl (C=O) groups is 3. The van der Waals surface area contributed by atoms with E-state index in [4.69, 9.17) is 0 Å². The maximum Gasteiger partial charge on any atom is 0.234 e. The van der Waals surface area contributed by atoms with E-state index in [2.05, 4.69) is 0 Å². The van der Waals surface area contributed by atoms with E-state index >= 15 is 0 Å². The van der Waals surface area contributed by atoms with Gasteiger partial charge in [0.2, 0.25) is 11.8 Å². The number of Topliss-reactive ketones (excluding diaryl/α,β-unsaturated/α-hetero) is 1. The number of nitrogens with zero attached hydrogens (tertiary/aromatic N) is 1. The molecular formula is C19H17NO3S. The van der Waals surface area contributed by atoms with Gasteiger partial charge < -0.3 is 0 Å². The lowest BCUT2D eigenvalue weighted by molar-refractivity contribution is -0.141. The van der Waals surface area contributed by atoms with Gasteiger partial charge in [-0.25, -0.2) is 0 Å². The van der Waals surface area contributed by atoms with Gasteiger partial charge in [-0.2, -0.15) is 0 Å². The van der Waals surface area contributed by atoms with Crippen LogP contribution in [0, 0.1) is 11.8 Å². The minimum absolute atomic E-state index is 0.0809. The molecule has 0 N–H and O–H groups in total. The summed E-state index contributed by atoms with van der Waals surface area (Å²) in [6.07, 6.45) is 0.558. The van der Waals surface area contributed by atoms with Crippen molar-refractivity contribution >= 4 is 28.9 Å². The number of hydrogen-bond acceptors (Lipinski definition) is 4. The zero-order chi connectivity index (χ0) is 16.7. The first kappa shape index (κ1) is 15.3. The van der Waals surface area contributed by atoms with Gasteiger partial charge in [-0.1, -0.05) is 36.4 Å². The van der Waals surface area contributed by atoms with Gasteiger partial charge in [0.25, 0.3) is 0 Å². The van der Waals surface area contributed by atoms with Crippen LogP contribution in [-0.4, -0.2) is 22.5 Å². The number of benzene rings is 1. The van der Waals surface area contributed by atoms with E-state index in [9.17, 15) is 14.4 Å². The maximum absolute atomic E-state index is 13.0. The highest BCUT2D eigenvalue weighted by atomic mass is 32.1. The molecule has 2 amide bonds. The van der Waals surface area contributed by atoms with E-state index in [0.717, 1.165) is 10.4 Å². The molecule has 5 heteroatoms. The lowest BCUT2D eigenvalue weighted by Gasteiger charge is -2.28. The Morgan fingerprint density at radius 2 is 1.67 bits per heavy atom. The summed E-state index contributed by atoms with van der Waals surface area (Å²) in [6, 6.07) is 13.4. The predicted molar refractivity (Wildman–Crippen MR) is 90.3 cm³/mol. The molecule has 2 fully saturated rings. The van der Waals surface area contributed by atoms with Gasteiger partial charge in [0.05, 0.1) is 18.4 Å². The zero-order valence-electron chi connectivity index (χ0n) is 13.1. The van der Waals surface area contributed by atoms with Crippen molar-refractivity contribution in [1.82, 2.24) is 4.90 Å². The van der Waals surface area contributed by atoms with E-state index in [1.165, 1.54) is 4.90 Å².